The monoisotopic (exact) mass is 147 g/mol. The van der Waals surface area contributed by atoms with Crippen LogP contribution < -0.4 is 5.32 Å². The largest absolute Gasteiger partial charge is 0.384 e. The van der Waals surface area contributed by atoms with Crippen LogP contribution >= 0.6 is 0 Å². The Labute approximate surface area is 67.4 Å². The molecular formula is C10H13N. The van der Waals surface area contributed by atoms with Gasteiger partial charge in [0.15, 0.2) is 0 Å². The van der Waals surface area contributed by atoms with E-state index in [0.717, 1.165) is 13.0 Å². The van der Waals surface area contributed by atoms with Crippen molar-refractivity contribution in [3.63, 3.8) is 0 Å². The highest BCUT2D eigenvalue weighted by Crippen LogP contribution is 2.25. The lowest BCUT2D eigenvalue weighted by Gasteiger charge is -2.03. The highest BCUT2D eigenvalue weighted by atomic mass is 14.9. The molecule has 0 amide bonds. The highest BCUT2D eigenvalue weighted by Gasteiger charge is 2.11. The van der Waals surface area contributed by atoms with Crippen molar-refractivity contribution in [1.82, 2.24) is 0 Å². The maximum absolute atomic E-state index is 3.37. The van der Waals surface area contributed by atoms with Gasteiger partial charge in [-0.2, -0.15) is 0 Å². The molecule has 1 aliphatic rings. The molecule has 0 aromatic heterocycles. The van der Waals surface area contributed by atoms with Gasteiger partial charge in [0.05, 0.1) is 0 Å². The fraction of sp³-hybridized carbons (Fsp3) is 0.400. The summed E-state index contributed by atoms with van der Waals surface area (Å²) in [6.07, 6.45) is 2.37. The number of fused-ring (bicyclic) bond motifs is 1. The van der Waals surface area contributed by atoms with Crippen LogP contribution in [0.15, 0.2) is 18.2 Å². The predicted molar refractivity (Wildman–Crippen MR) is 48.0 cm³/mol. The van der Waals surface area contributed by atoms with Crippen LogP contribution in [0.4, 0.5) is 5.69 Å². The molecule has 0 unspecified atom stereocenters. The average molecular weight is 147 g/mol. The van der Waals surface area contributed by atoms with Crippen molar-refractivity contribution in [2.45, 2.75) is 19.8 Å². The van der Waals surface area contributed by atoms with Crippen molar-refractivity contribution >= 4 is 5.69 Å². The Kier molecular flexibility index (Phi) is 1.57. The molecule has 0 fully saturated rings. The lowest BCUT2D eigenvalue weighted by molar-refractivity contribution is 1.04. The number of benzene rings is 1. The smallest absolute Gasteiger partial charge is 0.0376 e. The quantitative estimate of drug-likeness (QED) is 0.642. The van der Waals surface area contributed by atoms with E-state index in [0.29, 0.717) is 0 Å². The van der Waals surface area contributed by atoms with E-state index in [4.69, 9.17) is 0 Å². The number of aryl methyl sites for hydroxylation is 1. The Morgan fingerprint density at radius 1 is 1.45 bits per heavy atom. The summed E-state index contributed by atoms with van der Waals surface area (Å²) in [4.78, 5) is 0. The summed E-state index contributed by atoms with van der Waals surface area (Å²) in [5.74, 6) is 0. The maximum atomic E-state index is 3.37. The van der Waals surface area contributed by atoms with Crippen molar-refractivity contribution in [2.75, 3.05) is 11.9 Å². The Morgan fingerprint density at radius 2 is 2.36 bits per heavy atom. The summed E-state index contributed by atoms with van der Waals surface area (Å²) in [6, 6.07) is 6.53. The Morgan fingerprint density at radius 3 is 3.18 bits per heavy atom. The summed E-state index contributed by atoms with van der Waals surface area (Å²) in [7, 11) is 0. The third-order valence-corrected chi connectivity index (χ3v) is 2.34. The molecule has 0 aliphatic carbocycles. The van der Waals surface area contributed by atoms with Crippen molar-refractivity contribution in [2.24, 2.45) is 0 Å². The zero-order valence-electron chi connectivity index (χ0n) is 6.85. The molecule has 1 aromatic carbocycles. The maximum Gasteiger partial charge on any atom is 0.0376 e. The fourth-order valence-electron chi connectivity index (χ4n) is 1.75. The number of hydrogen-bond donors (Lipinski definition) is 1. The van der Waals surface area contributed by atoms with Crippen LogP contribution in [-0.4, -0.2) is 6.54 Å². The number of nitrogens with one attached hydrogen (secondary N) is 1. The van der Waals surface area contributed by atoms with Crippen LogP contribution in [0, 0.1) is 0 Å². The molecule has 1 N–H and O–H groups in total. The zero-order valence-corrected chi connectivity index (χ0v) is 6.85. The Hall–Kier alpha value is -0.980. The van der Waals surface area contributed by atoms with E-state index in [-0.39, 0.29) is 0 Å². The van der Waals surface area contributed by atoms with Crippen LogP contribution in [0.2, 0.25) is 0 Å². The van der Waals surface area contributed by atoms with Gasteiger partial charge in [0.25, 0.3) is 0 Å². The van der Waals surface area contributed by atoms with Gasteiger partial charge in [-0.1, -0.05) is 19.1 Å². The third kappa shape index (κ3) is 1.01. The molecule has 0 spiro atoms. The molecule has 0 bridgehead atoms. The molecule has 0 saturated heterocycles. The van der Waals surface area contributed by atoms with Crippen molar-refractivity contribution in [1.29, 1.82) is 0 Å². The minimum atomic E-state index is 1.12. The Bertz CT molecular complexity index is 266. The molecule has 58 valence electrons. The first-order valence-corrected chi connectivity index (χ1v) is 4.26. The molecule has 1 aliphatic heterocycles. The second-order valence-electron chi connectivity index (χ2n) is 2.97. The normalized spacial score (nSPS) is 14.3. The predicted octanol–water partition coefficient (Wildman–Crippen LogP) is 2.22. The highest BCUT2D eigenvalue weighted by molar-refractivity contribution is 5.58. The first kappa shape index (κ1) is 6.71. The van der Waals surface area contributed by atoms with Crippen molar-refractivity contribution in [3.8, 4) is 0 Å². The van der Waals surface area contributed by atoms with Gasteiger partial charge >= 0.3 is 0 Å². The molecule has 1 aromatic rings. The molecule has 0 radical (unpaired) electrons. The van der Waals surface area contributed by atoms with E-state index in [2.05, 4.69) is 30.4 Å². The first-order chi connectivity index (χ1) is 5.42. The van der Waals surface area contributed by atoms with Crippen LogP contribution in [0.1, 0.15) is 18.1 Å². The standard InChI is InChI=1S/C10H13N/c1-2-8-4-3-5-10-9(8)6-7-11-10/h3-5,11H,2,6-7H2,1H3. The van der Waals surface area contributed by atoms with Gasteiger partial charge < -0.3 is 5.32 Å². The first-order valence-electron chi connectivity index (χ1n) is 4.26. The average Bonchev–Trinajstić information content (AvgIpc) is 2.50. The van der Waals surface area contributed by atoms with Gasteiger partial charge in [0, 0.05) is 12.2 Å². The molecule has 1 heteroatoms. The van der Waals surface area contributed by atoms with Crippen molar-refractivity contribution in [3.05, 3.63) is 29.3 Å². The van der Waals surface area contributed by atoms with Crippen LogP contribution in [0.3, 0.4) is 0 Å². The third-order valence-electron chi connectivity index (χ3n) is 2.34. The van der Waals surface area contributed by atoms with Gasteiger partial charge in [-0.05, 0) is 30.0 Å². The minimum Gasteiger partial charge on any atom is -0.384 e. The van der Waals surface area contributed by atoms with E-state index in [9.17, 15) is 0 Å². The van der Waals surface area contributed by atoms with E-state index < -0.39 is 0 Å². The molecule has 0 saturated carbocycles. The lowest BCUT2D eigenvalue weighted by atomic mass is 10.0. The van der Waals surface area contributed by atoms with Crippen LogP contribution in [-0.2, 0) is 12.8 Å². The van der Waals surface area contributed by atoms with Gasteiger partial charge in [0.1, 0.15) is 0 Å². The second-order valence-corrected chi connectivity index (χ2v) is 2.97. The molecule has 1 heterocycles. The minimum absolute atomic E-state index is 1.12. The van der Waals surface area contributed by atoms with E-state index >= 15 is 0 Å². The Balaban J connectivity index is 2.50. The zero-order chi connectivity index (χ0) is 7.68. The molecular weight excluding hydrogens is 134 g/mol. The van der Waals surface area contributed by atoms with Crippen LogP contribution in [0.25, 0.3) is 0 Å². The summed E-state index contributed by atoms with van der Waals surface area (Å²) < 4.78 is 0. The molecule has 11 heavy (non-hydrogen) atoms. The summed E-state index contributed by atoms with van der Waals surface area (Å²) in [6.45, 7) is 3.33. The molecule has 1 nitrogen and oxygen atoms in total. The van der Waals surface area contributed by atoms with Crippen LogP contribution in [0.5, 0.6) is 0 Å². The fourth-order valence-corrected chi connectivity index (χ4v) is 1.75. The van der Waals surface area contributed by atoms with Gasteiger partial charge in [-0.15, -0.1) is 0 Å². The number of hydrogen-bond acceptors (Lipinski definition) is 1. The lowest BCUT2D eigenvalue weighted by Crippen LogP contribution is -1.90. The summed E-state index contributed by atoms with van der Waals surface area (Å²) in [5.41, 5.74) is 4.40. The molecule has 0 atom stereocenters. The van der Waals surface area contributed by atoms with Gasteiger partial charge in [-0.3, -0.25) is 0 Å². The number of rotatable bonds is 1. The SMILES string of the molecule is CCc1cccc2c1CCN2. The van der Waals surface area contributed by atoms with Gasteiger partial charge in [-0.25, -0.2) is 0 Å². The molecule has 2 rings (SSSR count). The van der Waals surface area contributed by atoms with E-state index in [1.54, 1.807) is 0 Å². The second kappa shape index (κ2) is 2.57. The van der Waals surface area contributed by atoms with Gasteiger partial charge in [0.2, 0.25) is 0 Å². The van der Waals surface area contributed by atoms with E-state index in [1.165, 1.54) is 23.2 Å². The summed E-state index contributed by atoms with van der Waals surface area (Å²) in [5, 5.41) is 3.37. The summed E-state index contributed by atoms with van der Waals surface area (Å²) >= 11 is 0. The van der Waals surface area contributed by atoms with E-state index in [1.807, 2.05) is 0 Å². The van der Waals surface area contributed by atoms with Crippen molar-refractivity contribution < 1.29 is 0 Å². The topological polar surface area (TPSA) is 12.0 Å². The number of anilines is 1.